The van der Waals surface area contributed by atoms with Crippen molar-refractivity contribution in [3.8, 4) is 28.7 Å². The lowest BCUT2D eigenvalue weighted by atomic mass is 9.87. The van der Waals surface area contributed by atoms with Gasteiger partial charge in [-0.2, -0.15) is 0 Å². The van der Waals surface area contributed by atoms with Crippen LogP contribution in [0.1, 0.15) is 38.7 Å². The lowest BCUT2D eigenvalue weighted by Crippen LogP contribution is -2.40. The Morgan fingerprint density at radius 3 is 2.18 bits per heavy atom. The molecule has 2 heterocycles. The van der Waals surface area contributed by atoms with Crippen LogP contribution < -0.4 is 23.7 Å². The average molecular weight is 524 g/mol. The van der Waals surface area contributed by atoms with Crippen molar-refractivity contribution in [2.75, 3.05) is 27.6 Å². The zero-order valence-corrected chi connectivity index (χ0v) is 21.9. The normalized spacial score (nSPS) is 15.4. The Balaban J connectivity index is 1.44. The summed E-state index contributed by atoms with van der Waals surface area (Å²) in [6.45, 7) is 1.09. The van der Waals surface area contributed by atoms with Gasteiger partial charge in [-0.15, -0.1) is 0 Å². The van der Waals surface area contributed by atoms with E-state index < -0.39 is 6.04 Å². The second-order valence-corrected chi connectivity index (χ2v) is 9.45. The molecule has 6 rings (SSSR count). The molecule has 0 fully saturated rings. The summed E-state index contributed by atoms with van der Waals surface area (Å²) >= 11 is 0. The number of carbonyl (C=O) groups excluding carboxylic acids is 1. The standard InChI is InChI=1S/C32H29NO6/c1-35-28-16-24(17-29(36-2)31(28)37-19-21-9-5-3-6-10-21)30-25-18-27-26(38-20-39-27)15-23(25)13-14-33(30)32(34)22-11-7-4-8-12-22/h3-12,15-18,30H,13-14,19-20H2,1-2H3. The van der Waals surface area contributed by atoms with Gasteiger partial charge in [-0.3, -0.25) is 4.79 Å². The number of carbonyl (C=O) groups is 1. The van der Waals surface area contributed by atoms with Crippen LogP contribution in [0.25, 0.3) is 0 Å². The first kappa shape index (κ1) is 24.7. The molecule has 2 aliphatic heterocycles. The van der Waals surface area contributed by atoms with E-state index in [4.69, 9.17) is 23.7 Å². The molecule has 0 saturated heterocycles. The fourth-order valence-corrected chi connectivity index (χ4v) is 5.26. The number of hydrogen-bond acceptors (Lipinski definition) is 6. The molecule has 1 unspecified atom stereocenters. The first-order valence-corrected chi connectivity index (χ1v) is 12.9. The predicted molar refractivity (Wildman–Crippen MR) is 146 cm³/mol. The van der Waals surface area contributed by atoms with Gasteiger partial charge in [0.2, 0.25) is 12.5 Å². The van der Waals surface area contributed by atoms with E-state index in [-0.39, 0.29) is 12.7 Å². The van der Waals surface area contributed by atoms with Crippen LogP contribution >= 0.6 is 0 Å². The van der Waals surface area contributed by atoms with Crippen LogP contribution in [0.3, 0.4) is 0 Å². The molecule has 0 aliphatic carbocycles. The van der Waals surface area contributed by atoms with Gasteiger partial charge in [-0.05, 0) is 65.1 Å². The molecule has 4 aromatic carbocycles. The summed E-state index contributed by atoms with van der Waals surface area (Å²) in [7, 11) is 3.21. The lowest BCUT2D eigenvalue weighted by Gasteiger charge is -2.38. The SMILES string of the molecule is COc1cc(C2c3cc4c(cc3CCN2C(=O)c2ccccc2)OCO4)cc(OC)c1OCc1ccccc1. The minimum Gasteiger partial charge on any atom is -0.493 e. The summed E-state index contributed by atoms with van der Waals surface area (Å²) in [5.41, 5.74) is 4.61. The molecule has 7 nitrogen and oxygen atoms in total. The number of ether oxygens (including phenoxy) is 5. The number of amides is 1. The van der Waals surface area contributed by atoms with E-state index in [1.165, 1.54) is 0 Å². The summed E-state index contributed by atoms with van der Waals surface area (Å²) < 4.78 is 29.1. The van der Waals surface area contributed by atoms with Crippen molar-refractivity contribution >= 4 is 5.91 Å². The quantitative estimate of drug-likeness (QED) is 0.305. The number of hydrogen-bond donors (Lipinski definition) is 0. The second-order valence-electron chi connectivity index (χ2n) is 9.45. The molecule has 2 aliphatic rings. The number of fused-ring (bicyclic) bond motifs is 2. The molecule has 198 valence electrons. The van der Waals surface area contributed by atoms with Crippen LogP contribution in [-0.4, -0.2) is 38.4 Å². The van der Waals surface area contributed by atoms with E-state index in [1.54, 1.807) is 14.2 Å². The molecular formula is C32H29NO6. The van der Waals surface area contributed by atoms with E-state index in [9.17, 15) is 4.79 Å². The minimum atomic E-state index is -0.401. The predicted octanol–water partition coefficient (Wildman–Crippen LogP) is 5.80. The minimum absolute atomic E-state index is 0.0498. The van der Waals surface area contributed by atoms with Gasteiger partial charge in [-0.25, -0.2) is 0 Å². The monoisotopic (exact) mass is 523 g/mol. The van der Waals surface area contributed by atoms with E-state index in [2.05, 4.69) is 0 Å². The molecule has 4 aromatic rings. The summed E-state index contributed by atoms with van der Waals surface area (Å²) in [4.78, 5) is 15.7. The first-order chi connectivity index (χ1) is 19.2. The molecule has 39 heavy (non-hydrogen) atoms. The number of benzene rings is 4. The third kappa shape index (κ3) is 4.72. The number of methoxy groups -OCH3 is 2. The Hall–Kier alpha value is -4.65. The summed E-state index contributed by atoms with van der Waals surface area (Å²) in [6, 6.07) is 26.7. The Morgan fingerprint density at radius 1 is 0.872 bits per heavy atom. The fourth-order valence-electron chi connectivity index (χ4n) is 5.26. The third-order valence-electron chi connectivity index (χ3n) is 7.17. The van der Waals surface area contributed by atoms with Gasteiger partial charge in [0, 0.05) is 12.1 Å². The van der Waals surface area contributed by atoms with Crippen molar-refractivity contribution in [3.05, 3.63) is 113 Å². The highest BCUT2D eigenvalue weighted by molar-refractivity contribution is 5.95. The van der Waals surface area contributed by atoms with Crippen molar-refractivity contribution in [1.82, 2.24) is 4.90 Å². The first-order valence-electron chi connectivity index (χ1n) is 12.9. The maximum Gasteiger partial charge on any atom is 0.254 e. The molecule has 0 aromatic heterocycles. The number of nitrogens with zero attached hydrogens (tertiary/aromatic N) is 1. The van der Waals surface area contributed by atoms with Crippen molar-refractivity contribution in [3.63, 3.8) is 0 Å². The van der Waals surface area contributed by atoms with Gasteiger partial charge in [0.1, 0.15) is 6.61 Å². The van der Waals surface area contributed by atoms with Crippen LogP contribution in [0.15, 0.2) is 84.9 Å². The summed E-state index contributed by atoms with van der Waals surface area (Å²) in [5, 5.41) is 0. The Morgan fingerprint density at radius 2 is 1.51 bits per heavy atom. The lowest BCUT2D eigenvalue weighted by molar-refractivity contribution is 0.0694. The van der Waals surface area contributed by atoms with Crippen LogP contribution in [0, 0.1) is 0 Å². The van der Waals surface area contributed by atoms with Gasteiger partial charge in [-0.1, -0.05) is 48.5 Å². The fraction of sp³-hybridized carbons (Fsp3) is 0.219. The van der Waals surface area contributed by atoms with Crippen LogP contribution in [0.4, 0.5) is 0 Å². The van der Waals surface area contributed by atoms with Crippen LogP contribution in [-0.2, 0) is 13.0 Å². The Kier molecular flexibility index (Phi) is 6.71. The smallest absolute Gasteiger partial charge is 0.254 e. The molecule has 0 bridgehead atoms. The molecule has 0 spiro atoms. The van der Waals surface area contributed by atoms with Crippen LogP contribution in [0.2, 0.25) is 0 Å². The van der Waals surface area contributed by atoms with Gasteiger partial charge >= 0.3 is 0 Å². The topological polar surface area (TPSA) is 66.5 Å². The zero-order chi connectivity index (χ0) is 26.8. The van der Waals surface area contributed by atoms with Crippen molar-refractivity contribution in [2.45, 2.75) is 19.1 Å². The molecule has 0 saturated carbocycles. The van der Waals surface area contributed by atoms with Crippen molar-refractivity contribution in [1.29, 1.82) is 0 Å². The van der Waals surface area contributed by atoms with Crippen molar-refractivity contribution < 1.29 is 28.5 Å². The number of rotatable bonds is 7. The summed E-state index contributed by atoms with van der Waals surface area (Å²) in [6.07, 6.45) is 0.702. The maximum atomic E-state index is 13.8. The zero-order valence-electron chi connectivity index (χ0n) is 21.9. The van der Waals surface area contributed by atoms with Crippen LogP contribution in [0.5, 0.6) is 28.7 Å². The van der Waals surface area contributed by atoms with Gasteiger partial charge in [0.15, 0.2) is 23.0 Å². The highest BCUT2D eigenvalue weighted by Crippen LogP contribution is 2.47. The maximum absolute atomic E-state index is 13.8. The molecule has 1 atom stereocenters. The Labute approximate surface area is 227 Å². The van der Waals surface area contributed by atoms with Gasteiger partial charge < -0.3 is 28.6 Å². The molecule has 0 radical (unpaired) electrons. The third-order valence-corrected chi connectivity index (χ3v) is 7.17. The Bertz CT molecular complexity index is 1460. The van der Waals surface area contributed by atoms with E-state index in [0.29, 0.717) is 48.1 Å². The molecule has 7 heteroatoms. The molecule has 0 N–H and O–H groups in total. The molecular weight excluding hydrogens is 494 g/mol. The van der Waals surface area contributed by atoms with Crippen molar-refractivity contribution in [2.24, 2.45) is 0 Å². The van der Waals surface area contributed by atoms with E-state index in [0.717, 1.165) is 28.0 Å². The average Bonchev–Trinajstić information content (AvgIpc) is 3.46. The van der Waals surface area contributed by atoms with E-state index >= 15 is 0 Å². The van der Waals surface area contributed by atoms with Gasteiger partial charge in [0.25, 0.3) is 5.91 Å². The largest absolute Gasteiger partial charge is 0.493 e. The highest BCUT2D eigenvalue weighted by atomic mass is 16.7. The van der Waals surface area contributed by atoms with E-state index in [1.807, 2.05) is 89.8 Å². The second kappa shape index (κ2) is 10.6. The van der Waals surface area contributed by atoms with Gasteiger partial charge in [0.05, 0.1) is 20.3 Å². The molecule has 1 amide bonds. The summed E-state index contributed by atoms with van der Waals surface area (Å²) in [5.74, 6) is 2.92. The highest BCUT2D eigenvalue weighted by Gasteiger charge is 2.35.